The van der Waals surface area contributed by atoms with E-state index in [0.29, 0.717) is 17.8 Å². The average molecular weight is 258 g/mol. The van der Waals surface area contributed by atoms with Gasteiger partial charge in [0.25, 0.3) is 0 Å². The molecule has 76 valence electrons. The van der Waals surface area contributed by atoms with E-state index in [4.69, 9.17) is 14.9 Å². The Morgan fingerprint density at radius 1 is 1.43 bits per heavy atom. The quantitative estimate of drug-likeness (QED) is 0.881. The summed E-state index contributed by atoms with van der Waals surface area (Å²) in [6.07, 6.45) is 1.67. The van der Waals surface area contributed by atoms with Gasteiger partial charge in [0, 0.05) is 0 Å². The van der Waals surface area contributed by atoms with Crippen LogP contribution in [0.25, 0.3) is 0 Å². The molecule has 0 spiro atoms. The third-order valence-electron chi connectivity index (χ3n) is 3.38. The van der Waals surface area contributed by atoms with Gasteiger partial charge in [0.15, 0.2) is 0 Å². The summed E-state index contributed by atoms with van der Waals surface area (Å²) < 4.78 is 11.7. The second kappa shape index (κ2) is 3.08. The summed E-state index contributed by atoms with van der Waals surface area (Å²) in [5.41, 5.74) is 6.16. The van der Waals surface area contributed by atoms with E-state index in [1.807, 2.05) is 6.07 Å². The molecule has 2 aliphatic rings. The van der Waals surface area contributed by atoms with Gasteiger partial charge in [0.05, 0.1) is 30.0 Å². The lowest BCUT2D eigenvalue weighted by atomic mass is 10.1. The molecular weight excluding hydrogens is 246 g/mol. The first-order chi connectivity index (χ1) is 6.79. The Balaban J connectivity index is 1.78. The minimum Gasteiger partial charge on any atom is -0.466 e. The van der Waals surface area contributed by atoms with Gasteiger partial charge >= 0.3 is 0 Å². The maximum atomic E-state index is 6.16. The van der Waals surface area contributed by atoms with E-state index >= 15 is 0 Å². The number of ether oxygens (including phenoxy) is 1. The van der Waals surface area contributed by atoms with E-state index < -0.39 is 0 Å². The maximum Gasteiger partial charge on any atom is 0.134 e. The van der Waals surface area contributed by atoms with Crippen molar-refractivity contribution in [3.8, 4) is 0 Å². The first-order valence-corrected chi connectivity index (χ1v) is 5.64. The summed E-state index contributed by atoms with van der Waals surface area (Å²) in [4.78, 5) is 0. The van der Waals surface area contributed by atoms with Crippen LogP contribution in [0.5, 0.6) is 0 Å². The van der Waals surface area contributed by atoms with Crippen molar-refractivity contribution in [2.45, 2.75) is 6.04 Å². The van der Waals surface area contributed by atoms with Gasteiger partial charge in [-0.15, -0.1) is 0 Å². The summed E-state index contributed by atoms with van der Waals surface area (Å²) >= 11 is 3.44. The molecule has 4 heteroatoms. The lowest BCUT2D eigenvalue weighted by Gasteiger charge is -2.11. The highest BCUT2D eigenvalue weighted by molar-refractivity contribution is 9.10. The van der Waals surface area contributed by atoms with Crippen molar-refractivity contribution in [2.24, 2.45) is 23.5 Å². The second-order valence-electron chi connectivity index (χ2n) is 4.10. The van der Waals surface area contributed by atoms with Crippen LogP contribution in [0.4, 0.5) is 0 Å². The summed E-state index contributed by atoms with van der Waals surface area (Å²) in [7, 11) is 0. The Kier molecular flexibility index (Phi) is 1.97. The van der Waals surface area contributed by atoms with Crippen molar-refractivity contribution in [3.63, 3.8) is 0 Å². The maximum absolute atomic E-state index is 6.16. The molecular formula is C10H12BrNO2. The molecule has 3 rings (SSSR count). The fourth-order valence-corrected chi connectivity index (χ4v) is 3.00. The molecule has 0 amide bonds. The molecule has 2 N–H and O–H groups in total. The molecule has 1 aromatic heterocycles. The van der Waals surface area contributed by atoms with Crippen molar-refractivity contribution < 1.29 is 9.15 Å². The lowest BCUT2D eigenvalue weighted by Crippen LogP contribution is -2.17. The van der Waals surface area contributed by atoms with E-state index in [-0.39, 0.29) is 6.04 Å². The van der Waals surface area contributed by atoms with Crippen LogP contribution in [0.1, 0.15) is 11.8 Å². The summed E-state index contributed by atoms with van der Waals surface area (Å²) in [5.74, 6) is 2.78. The molecule has 3 unspecified atom stereocenters. The third kappa shape index (κ3) is 1.17. The number of hydrogen-bond acceptors (Lipinski definition) is 3. The molecule has 1 aromatic rings. The Hall–Kier alpha value is -0.320. The average Bonchev–Trinajstić information content (AvgIpc) is 2.57. The fraction of sp³-hybridized carbons (Fsp3) is 0.600. The smallest absolute Gasteiger partial charge is 0.134 e. The number of furan rings is 1. The summed E-state index contributed by atoms with van der Waals surface area (Å²) in [6, 6.07) is 1.92. The normalized spacial score (nSPS) is 36.9. The Bertz CT molecular complexity index is 342. The number of hydrogen-bond donors (Lipinski definition) is 1. The molecule has 1 aliphatic carbocycles. The van der Waals surface area contributed by atoms with Crippen molar-refractivity contribution >= 4 is 15.9 Å². The Labute approximate surface area is 90.7 Å². The Morgan fingerprint density at radius 3 is 2.71 bits per heavy atom. The van der Waals surface area contributed by atoms with Crippen LogP contribution >= 0.6 is 15.9 Å². The molecule has 0 radical (unpaired) electrons. The molecule has 1 saturated carbocycles. The molecule has 0 aromatic carbocycles. The van der Waals surface area contributed by atoms with Crippen molar-refractivity contribution in [2.75, 3.05) is 13.2 Å². The minimum absolute atomic E-state index is 0.0262. The van der Waals surface area contributed by atoms with E-state index in [2.05, 4.69) is 15.9 Å². The van der Waals surface area contributed by atoms with Crippen molar-refractivity contribution in [1.82, 2.24) is 0 Å². The predicted molar refractivity (Wildman–Crippen MR) is 54.6 cm³/mol. The largest absolute Gasteiger partial charge is 0.466 e. The van der Waals surface area contributed by atoms with Crippen LogP contribution in [0.2, 0.25) is 0 Å². The second-order valence-corrected chi connectivity index (χ2v) is 4.96. The van der Waals surface area contributed by atoms with Crippen LogP contribution in [0, 0.1) is 17.8 Å². The van der Waals surface area contributed by atoms with E-state index in [1.165, 1.54) is 0 Å². The summed E-state index contributed by atoms with van der Waals surface area (Å²) in [6.45, 7) is 1.75. The van der Waals surface area contributed by atoms with Crippen molar-refractivity contribution in [3.05, 3.63) is 22.6 Å². The molecule has 1 aliphatic heterocycles. The molecule has 3 atom stereocenters. The van der Waals surface area contributed by atoms with Gasteiger partial charge in [-0.2, -0.15) is 0 Å². The highest BCUT2D eigenvalue weighted by Crippen LogP contribution is 2.56. The third-order valence-corrected chi connectivity index (χ3v) is 4.04. The zero-order valence-electron chi connectivity index (χ0n) is 7.65. The van der Waals surface area contributed by atoms with E-state index in [9.17, 15) is 0 Å². The first kappa shape index (κ1) is 8.95. The number of halogens is 1. The molecule has 2 heterocycles. The van der Waals surface area contributed by atoms with Crippen LogP contribution in [0.15, 0.2) is 21.2 Å². The van der Waals surface area contributed by atoms with Gasteiger partial charge in [-0.1, -0.05) is 0 Å². The summed E-state index contributed by atoms with van der Waals surface area (Å²) in [5, 5.41) is 0. The zero-order chi connectivity index (χ0) is 9.71. The van der Waals surface area contributed by atoms with Gasteiger partial charge in [0.2, 0.25) is 0 Å². The minimum atomic E-state index is 0.0262. The number of rotatable bonds is 2. The molecule has 2 fully saturated rings. The Morgan fingerprint density at radius 2 is 2.14 bits per heavy atom. The van der Waals surface area contributed by atoms with Crippen LogP contribution in [-0.2, 0) is 4.74 Å². The molecule has 14 heavy (non-hydrogen) atoms. The van der Waals surface area contributed by atoms with E-state index in [1.54, 1.807) is 6.26 Å². The zero-order valence-corrected chi connectivity index (χ0v) is 9.24. The molecule has 1 saturated heterocycles. The highest BCUT2D eigenvalue weighted by Gasteiger charge is 2.57. The number of nitrogens with two attached hydrogens (primary N) is 1. The highest BCUT2D eigenvalue weighted by atomic mass is 79.9. The van der Waals surface area contributed by atoms with Crippen LogP contribution in [-0.4, -0.2) is 13.2 Å². The van der Waals surface area contributed by atoms with Crippen molar-refractivity contribution in [1.29, 1.82) is 0 Å². The first-order valence-electron chi connectivity index (χ1n) is 4.85. The standard InChI is InChI=1S/C10H12BrNO2/c11-7-1-2-14-10(7)9(12)8-5-3-13-4-6(5)8/h1-2,5-6,8-9H,3-4,12H2. The SMILES string of the molecule is NC(c1occc1Br)C1C2COCC21. The lowest BCUT2D eigenvalue weighted by molar-refractivity contribution is 0.144. The fourth-order valence-electron chi connectivity index (χ4n) is 2.53. The van der Waals surface area contributed by atoms with Crippen LogP contribution < -0.4 is 5.73 Å². The van der Waals surface area contributed by atoms with Gasteiger partial charge in [-0.25, -0.2) is 0 Å². The topological polar surface area (TPSA) is 48.4 Å². The molecule has 0 bridgehead atoms. The van der Waals surface area contributed by atoms with Gasteiger partial charge in [-0.3, -0.25) is 0 Å². The molecule has 3 nitrogen and oxygen atoms in total. The predicted octanol–water partition coefficient (Wildman–Crippen LogP) is 1.93. The number of fused-ring (bicyclic) bond motifs is 1. The monoisotopic (exact) mass is 257 g/mol. The van der Waals surface area contributed by atoms with Gasteiger partial charge in [0.1, 0.15) is 5.76 Å². The van der Waals surface area contributed by atoms with Gasteiger partial charge in [-0.05, 0) is 39.8 Å². The van der Waals surface area contributed by atoms with Crippen LogP contribution in [0.3, 0.4) is 0 Å². The van der Waals surface area contributed by atoms with E-state index in [0.717, 1.165) is 23.4 Å². The van der Waals surface area contributed by atoms with Gasteiger partial charge < -0.3 is 14.9 Å².